The Kier molecular flexibility index (Phi) is 11.2. The van der Waals surface area contributed by atoms with Crippen LogP contribution in [0.4, 0.5) is 34.1 Å². The van der Waals surface area contributed by atoms with Crippen LogP contribution < -0.4 is 42.2 Å². The van der Waals surface area contributed by atoms with Gasteiger partial charge < -0.3 is 37.6 Å². The Bertz CT molecular complexity index is 3050. The fraction of sp³-hybridized carbons (Fsp3) is 0.176. The van der Waals surface area contributed by atoms with Crippen molar-refractivity contribution in [1.82, 2.24) is 25.9 Å². The molecule has 320 valence electrons. The van der Waals surface area contributed by atoms with Gasteiger partial charge in [0.15, 0.2) is 0 Å². The van der Waals surface area contributed by atoms with Crippen molar-refractivity contribution in [2.45, 2.75) is 33.7 Å². The van der Waals surface area contributed by atoms with E-state index in [0.717, 1.165) is 89.9 Å². The van der Waals surface area contributed by atoms with E-state index in [1.54, 1.807) is 12.1 Å². The summed E-state index contributed by atoms with van der Waals surface area (Å²) in [6.45, 7) is 9.76. The lowest BCUT2D eigenvalue weighted by molar-refractivity contribution is -0.538. The molecule has 13 heteroatoms. The van der Waals surface area contributed by atoms with Gasteiger partial charge in [-0.2, -0.15) is 0 Å². The zero-order valence-electron chi connectivity index (χ0n) is 36.2. The fourth-order valence-electron chi connectivity index (χ4n) is 8.24. The number of nitrogens with two attached hydrogens (primary N) is 2. The highest BCUT2D eigenvalue weighted by Crippen LogP contribution is 2.44. The smallest absolute Gasteiger partial charge is 0.269 e. The molecule has 5 aromatic carbocycles. The number of nitrogens with one attached hydrogen (secondary N) is 4. The van der Waals surface area contributed by atoms with E-state index in [1.807, 2.05) is 81.4 Å². The maximum atomic E-state index is 13.1. The van der Waals surface area contributed by atoms with Crippen LogP contribution in [0.15, 0.2) is 144 Å². The maximum Gasteiger partial charge on any atom is 0.269 e. The van der Waals surface area contributed by atoms with E-state index in [0.29, 0.717) is 37.4 Å². The van der Waals surface area contributed by atoms with Crippen molar-refractivity contribution < 1.29 is 14.2 Å². The van der Waals surface area contributed by atoms with Gasteiger partial charge in [-0.05, 0) is 111 Å². The predicted molar refractivity (Wildman–Crippen MR) is 257 cm³/mol. The second-order valence-electron chi connectivity index (χ2n) is 16.2. The summed E-state index contributed by atoms with van der Waals surface area (Å²) in [6.07, 6.45) is 5.70. The minimum atomic E-state index is -0.328. The normalized spacial score (nSPS) is 14.2. The number of carbonyl (C=O) groups excluding carboxylic acids is 2. The van der Waals surface area contributed by atoms with Gasteiger partial charge in [-0.1, -0.05) is 36.4 Å². The molecule has 2 aromatic heterocycles. The summed E-state index contributed by atoms with van der Waals surface area (Å²) in [5.74, 6) is -0.611. The number of nitrogens with zero attached hydrogens (tertiary/aromatic N) is 5. The predicted octanol–water partition coefficient (Wildman–Crippen LogP) is 7.45. The summed E-state index contributed by atoms with van der Waals surface area (Å²) in [5, 5.41) is 12.9. The van der Waals surface area contributed by atoms with Gasteiger partial charge >= 0.3 is 0 Å². The third-order valence-corrected chi connectivity index (χ3v) is 11.7. The van der Waals surface area contributed by atoms with Gasteiger partial charge in [0, 0.05) is 85.1 Å². The standard InChI is InChI=1S/C51H49N11O2/c1-30-21-42-46(25-37(30)52)61(35-11-7-5-8-12-35)48-27-40(32(3)23-44(48)59-42)54-17-19-56-50(63)34-15-16-39(58-29-34)51(64)57-20-18-55-41-28-49-45(24-33(41)4)60-43-22-31(2)38(53)26-47(43)62(49)36-13-9-6-10-14-36/h5-16,21-29,49,55H,17-20,53H2,1-4H3,(H4,52,54,56,57,63,64)/p+1. The quantitative estimate of drug-likeness (QED) is 0.0315. The number of hydrogen-bond donors (Lipinski definition) is 6. The molecule has 64 heavy (non-hydrogen) atoms. The number of rotatable bonds is 12. The van der Waals surface area contributed by atoms with E-state index in [1.165, 1.54) is 6.20 Å². The fourth-order valence-corrected chi connectivity index (χ4v) is 8.24. The van der Waals surface area contributed by atoms with Gasteiger partial charge in [0.2, 0.25) is 16.7 Å². The SMILES string of the molecule is CC1=CC2=Nc3cc(C)c(N)cc3N(c3ccccc3)C2C=C1NCCNC(=O)c1ccc(C(=O)NCCNc2cc3c(cc2C)nc2cc(C)c(N)cc2[n+]3-c2ccccc2)cn1. The van der Waals surface area contributed by atoms with Crippen LogP contribution in [-0.2, 0) is 0 Å². The molecule has 1 unspecified atom stereocenters. The molecule has 1 aliphatic carbocycles. The van der Waals surface area contributed by atoms with Crippen LogP contribution in [0.2, 0.25) is 0 Å². The number of amides is 2. The van der Waals surface area contributed by atoms with Crippen molar-refractivity contribution in [3.63, 3.8) is 0 Å². The van der Waals surface area contributed by atoms with Crippen LogP contribution in [0.1, 0.15) is 44.5 Å². The molecular formula is C51H50N11O2+. The average molecular weight is 849 g/mol. The molecule has 9 rings (SSSR count). The second kappa shape index (κ2) is 17.4. The number of para-hydroxylation sites is 2. The van der Waals surface area contributed by atoms with Gasteiger partial charge in [-0.3, -0.25) is 14.6 Å². The van der Waals surface area contributed by atoms with Gasteiger partial charge in [-0.25, -0.2) is 9.98 Å². The first-order valence-electron chi connectivity index (χ1n) is 21.4. The molecule has 0 saturated carbocycles. The number of anilines is 5. The zero-order chi connectivity index (χ0) is 44.5. The number of nitrogen functional groups attached to an aromatic ring is 2. The van der Waals surface area contributed by atoms with Crippen LogP contribution in [0, 0.1) is 20.8 Å². The van der Waals surface area contributed by atoms with Crippen molar-refractivity contribution >= 4 is 73.7 Å². The minimum Gasteiger partial charge on any atom is -0.398 e. The molecule has 8 N–H and O–H groups in total. The Morgan fingerprint density at radius 1 is 0.703 bits per heavy atom. The van der Waals surface area contributed by atoms with Crippen LogP contribution in [0.25, 0.3) is 27.8 Å². The van der Waals surface area contributed by atoms with Gasteiger partial charge in [0.1, 0.15) is 16.7 Å². The van der Waals surface area contributed by atoms with Crippen molar-refractivity contribution in [2.24, 2.45) is 4.99 Å². The number of aromatic nitrogens is 3. The molecule has 0 radical (unpaired) electrons. The molecule has 3 heterocycles. The van der Waals surface area contributed by atoms with Crippen molar-refractivity contribution in [3.05, 3.63) is 167 Å². The van der Waals surface area contributed by atoms with Gasteiger partial charge in [0.05, 0.1) is 28.7 Å². The van der Waals surface area contributed by atoms with E-state index in [4.69, 9.17) is 21.4 Å². The summed E-state index contributed by atoms with van der Waals surface area (Å²) >= 11 is 0. The Labute approximate surface area is 371 Å². The number of hydrogen-bond acceptors (Lipinski definition) is 10. The van der Waals surface area contributed by atoms with Gasteiger partial charge in [0.25, 0.3) is 11.8 Å². The van der Waals surface area contributed by atoms with Gasteiger partial charge in [-0.15, -0.1) is 4.57 Å². The Morgan fingerprint density at radius 2 is 1.36 bits per heavy atom. The van der Waals surface area contributed by atoms with Crippen molar-refractivity contribution in [3.8, 4) is 5.69 Å². The van der Waals surface area contributed by atoms with Crippen LogP contribution >= 0.6 is 0 Å². The topological polar surface area (TPSA) is 180 Å². The number of aliphatic imine (C=N–C) groups is 1. The summed E-state index contributed by atoms with van der Waals surface area (Å²) < 4.78 is 2.18. The first kappa shape index (κ1) is 41.3. The summed E-state index contributed by atoms with van der Waals surface area (Å²) in [4.78, 5) is 42.8. The van der Waals surface area contributed by atoms with E-state index < -0.39 is 0 Å². The van der Waals surface area contributed by atoms with Crippen molar-refractivity contribution in [1.29, 1.82) is 0 Å². The number of benzene rings is 5. The minimum absolute atomic E-state index is 0.152. The largest absolute Gasteiger partial charge is 0.398 e. The lowest BCUT2D eigenvalue weighted by Gasteiger charge is -2.39. The molecule has 2 aliphatic rings. The summed E-state index contributed by atoms with van der Waals surface area (Å²) in [7, 11) is 0. The lowest BCUT2D eigenvalue weighted by atomic mass is 9.93. The number of aryl methyl sites for hydroxylation is 3. The molecule has 0 bridgehead atoms. The van der Waals surface area contributed by atoms with Crippen molar-refractivity contribution in [2.75, 3.05) is 47.9 Å². The molecule has 0 spiro atoms. The molecule has 0 fully saturated rings. The zero-order valence-corrected chi connectivity index (χ0v) is 36.2. The first-order valence-corrected chi connectivity index (χ1v) is 21.4. The Morgan fingerprint density at radius 3 is 2.09 bits per heavy atom. The maximum absolute atomic E-state index is 13.1. The Hall–Kier alpha value is -8.06. The third kappa shape index (κ3) is 8.18. The highest BCUT2D eigenvalue weighted by Gasteiger charge is 2.32. The van der Waals surface area contributed by atoms with E-state index >= 15 is 0 Å². The van der Waals surface area contributed by atoms with E-state index in [-0.39, 0.29) is 23.6 Å². The highest BCUT2D eigenvalue weighted by molar-refractivity contribution is 6.11. The molecule has 2 amide bonds. The summed E-state index contributed by atoms with van der Waals surface area (Å²) in [6, 6.07) is 35.6. The van der Waals surface area contributed by atoms with E-state index in [2.05, 4.69) is 91.2 Å². The average Bonchev–Trinajstić information content (AvgIpc) is 3.29. The molecule has 1 atom stereocenters. The Balaban J connectivity index is 0.792. The third-order valence-electron chi connectivity index (χ3n) is 11.7. The molecule has 7 aromatic rings. The van der Waals surface area contributed by atoms with Crippen LogP contribution in [0.5, 0.6) is 0 Å². The monoisotopic (exact) mass is 848 g/mol. The molecule has 0 saturated heterocycles. The lowest BCUT2D eigenvalue weighted by Crippen LogP contribution is -2.41. The number of allylic oxidation sites excluding steroid dienone is 1. The number of pyridine rings is 1. The first-order chi connectivity index (χ1) is 31.0. The number of fused-ring (bicyclic) bond motifs is 4. The highest BCUT2D eigenvalue weighted by atomic mass is 16.2. The molecule has 1 aliphatic heterocycles. The second-order valence-corrected chi connectivity index (χ2v) is 16.2. The van der Waals surface area contributed by atoms with Crippen LogP contribution in [0.3, 0.4) is 0 Å². The van der Waals surface area contributed by atoms with E-state index in [9.17, 15) is 9.59 Å². The number of carbonyl (C=O) groups is 2. The summed E-state index contributed by atoms with van der Waals surface area (Å²) in [5.41, 5.74) is 29.1. The molecule has 13 nitrogen and oxygen atoms in total. The molecular weight excluding hydrogens is 799 g/mol. The van der Waals surface area contributed by atoms with Crippen LogP contribution in [-0.4, -0.2) is 59.7 Å².